The number of rotatable bonds is 4. The lowest BCUT2D eigenvalue weighted by atomic mass is 10.00. The molecule has 0 aromatic heterocycles. The van der Waals surface area contributed by atoms with Gasteiger partial charge in [-0.3, -0.25) is 9.59 Å². The van der Waals surface area contributed by atoms with Gasteiger partial charge in [0, 0.05) is 31.5 Å². The maximum atomic E-state index is 12.5. The zero-order valence-corrected chi connectivity index (χ0v) is 15.7. The van der Waals surface area contributed by atoms with Gasteiger partial charge < -0.3 is 20.1 Å². The molecule has 27 heavy (non-hydrogen) atoms. The van der Waals surface area contributed by atoms with Crippen molar-refractivity contribution in [3.8, 4) is 5.75 Å². The van der Waals surface area contributed by atoms with Crippen LogP contribution < -0.4 is 10.1 Å². The van der Waals surface area contributed by atoms with Crippen molar-refractivity contribution in [2.75, 3.05) is 18.4 Å². The lowest BCUT2D eigenvalue weighted by Crippen LogP contribution is -2.51. The average molecular weight is 372 g/mol. The first-order valence-corrected chi connectivity index (χ1v) is 10.1. The Hall–Kier alpha value is -2.08. The molecule has 146 valence electrons. The third-order valence-corrected chi connectivity index (χ3v) is 6.07. The number of anilines is 1. The Morgan fingerprint density at radius 2 is 2.04 bits per heavy atom. The molecule has 1 saturated heterocycles. The summed E-state index contributed by atoms with van der Waals surface area (Å²) in [6.45, 7) is 0.978. The second kappa shape index (κ2) is 7.89. The number of carbonyl (C=O) groups excluding carboxylic acids is 2. The summed E-state index contributed by atoms with van der Waals surface area (Å²) in [5, 5.41) is 13.4. The predicted molar refractivity (Wildman–Crippen MR) is 102 cm³/mol. The molecule has 1 aromatic rings. The number of aryl methyl sites for hydroxylation is 1. The van der Waals surface area contributed by atoms with E-state index < -0.39 is 6.10 Å². The number of benzene rings is 1. The molecule has 6 heteroatoms. The Morgan fingerprint density at radius 1 is 1.22 bits per heavy atom. The second-order valence-corrected chi connectivity index (χ2v) is 8.07. The van der Waals surface area contributed by atoms with Crippen LogP contribution in [0.15, 0.2) is 18.2 Å². The van der Waals surface area contributed by atoms with Crippen molar-refractivity contribution < 1.29 is 19.4 Å². The molecule has 6 nitrogen and oxygen atoms in total. The number of piperidine rings is 1. The number of nitrogens with zero attached hydrogens (tertiary/aromatic N) is 1. The quantitative estimate of drug-likeness (QED) is 0.851. The predicted octanol–water partition coefficient (Wildman–Crippen LogP) is 2.49. The number of nitrogens with one attached hydrogen (secondary N) is 1. The van der Waals surface area contributed by atoms with Crippen LogP contribution in [0, 0.1) is 5.92 Å². The molecule has 2 amide bonds. The van der Waals surface area contributed by atoms with E-state index in [1.165, 1.54) is 12.8 Å². The van der Waals surface area contributed by atoms with Crippen LogP contribution in [0.2, 0.25) is 0 Å². The highest BCUT2D eigenvalue weighted by molar-refractivity contribution is 5.94. The Bertz CT molecular complexity index is 714. The van der Waals surface area contributed by atoms with Crippen molar-refractivity contribution in [1.29, 1.82) is 0 Å². The molecule has 2 fully saturated rings. The molecule has 1 aromatic carbocycles. The van der Waals surface area contributed by atoms with Crippen molar-refractivity contribution in [2.45, 2.75) is 63.6 Å². The molecule has 1 aliphatic carbocycles. The maximum absolute atomic E-state index is 12.5. The van der Waals surface area contributed by atoms with E-state index in [2.05, 4.69) is 5.32 Å². The largest absolute Gasteiger partial charge is 0.488 e. The fourth-order valence-corrected chi connectivity index (χ4v) is 4.47. The van der Waals surface area contributed by atoms with Crippen molar-refractivity contribution in [3.63, 3.8) is 0 Å². The average Bonchev–Trinajstić information content (AvgIpc) is 3.16. The minimum atomic E-state index is -0.679. The first kappa shape index (κ1) is 18.3. The number of carbonyl (C=O) groups is 2. The number of amides is 2. The van der Waals surface area contributed by atoms with Crippen LogP contribution in [0.3, 0.4) is 0 Å². The smallest absolute Gasteiger partial charge is 0.224 e. The van der Waals surface area contributed by atoms with Gasteiger partial charge >= 0.3 is 0 Å². The first-order valence-electron chi connectivity index (χ1n) is 10.1. The minimum Gasteiger partial charge on any atom is -0.488 e. The lowest BCUT2D eigenvalue weighted by molar-refractivity contribution is -0.138. The molecule has 0 bridgehead atoms. The van der Waals surface area contributed by atoms with Gasteiger partial charge in [-0.15, -0.1) is 0 Å². The molecule has 0 spiro atoms. The number of β-amino-alcohol motifs (C(OH)–C–C–N with tert-alkyl or cyclic N) is 1. The van der Waals surface area contributed by atoms with Crippen molar-refractivity contribution in [3.05, 3.63) is 23.8 Å². The normalized spacial score (nSPS) is 25.8. The van der Waals surface area contributed by atoms with Crippen LogP contribution in [-0.4, -0.2) is 47.1 Å². The molecular weight excluding hydrogens is 344 g/mol. The summed E-state index contributed by atoms with van der Waals surface area (Å²) in [4.78, 5) is 25.7. The molecule has 2 heterocycles. The highest BCUT2D eigenvalue weighted by atomic mass is 16.5. The Morgan fingerprint density at radius 3 is 2.81 bits per heavy atom. The van der Waals surface area contributed by atoms with E-state index in [9.17, 15) is 14.7 Å². The fourth-order valence-electron chi connectivity index (χ4n) is 4.47. The topological polar surface area (TPSA) is 78.9 Å². The summed E-state index contributed by atoms with van der Waals surface area (Å²) < 4.78 is 6.02. The van der Waals surface area contributed by atoms with Gasteiger partial charge in [0.2, 0.25) is 11.8 Å². The fraction of sp³-hybridized carbons (Fsp3) is 0.619. The van der Waals surface area contributed by atoms with Crippen molar-refractivity contribution in [1.82, 2.24) is 4.90 Å². The number of likely N-dealkylation sites (tertiary alicyclic amines) is 1. The summed E-state index contributed by atoms with van der Waals surface area (Å²) >= 11 is 0. The van der Waals surface area contributed by atoms with Crippen molar-refractivity contribution >= 4 is 17.5 Å². The molecule has 0 unspecified atom stereocenters. The van der Waals surface area contributed by atoms with E-state index in [1.807, 2.05) is 18.2 Å². The Labute approximate surface area is 159 Å². The van der Waals surface area contributed by atoms with Crippen LogP contribution in [0.5, 0.6) is 5.75 Å². The van der Waals surface area contributed by atoms with Gasteiger partial charge in [-0.2, -0.15) is 0 Å². The molecule has 2 N–H and O–H groups in total. The van der Waals surface area contributed by atoms with Gasteiger partial charge in [0.1, 0.15) is 18.0 Å². The molecule has 2 atom stereocenters. The summed E-state index contributed by atoms with van der Waals surface area (Å²) in [7, 11) is 0. The minimum absolute atomic E-state index is 0.0428. The zero-order chi connectivity index (χ0) is 18.8. The summed E-state index contributed by atoms with van der Waals surface area (Å²) in [6, 6.07) is 5.63. The molecule has 2 aliphatic heterocycles. The SMILES string of the molecule is O=C1CCc2cc(O[C@@H]3CCN(C(=O)CC4CCCC4)C[C@H]3O)ccc2N1. The zero-order valence-electron chi connectivity index (χ0n) is 15.7. The third-order valence-electron chi connectivity index (χ3n) is 6.07. The van der Waals surface area contributed by atoms with E-state index in [1.54, 1.807) is 4.90 Å². The van der Waals surface area contributed by atoms with Crippen LogP contribution in [-0.2, 0) is 16.0 Å². The summed E-state index contributed by atoms with van der Waals surface area (Å²) in [5.41, 5.74) is 1.90. The monoisotopic (exact) mass is 372 g/mol. The van der Waals surface area contributed by atoms with Gasteiger partial charge in [0.05, 0.1) is 6.54 Å². The van der Waals surface area contributed by atoms with E-state index >= 15 is 0 Å². The summed E-state index contributed by atoms with van der Waals surface area (Å²) in [5.74, 6) is 1.45. The van der Waals surface area contributed by atoms with Gasteiger partial charge in [0.15, 0.2) is 0 Å². The summed E-state index contributed by atoms with van der Waals surface area (Å²) in [6.07, 6.45) is 6.25. The van der Waals surface area contributed by atoms with Gasteiger partial charge in [-0.25, -0.2) is 0 Å². The van der Waals surface area contributed by atoms with E-state index in [4.69, 9.17) is 4.74 Å². The standard InChI is InChI=1S/C21H28N2O4/c24-18-13-23(21(26)11-14-3-1-2-4-14)10-9-19(18)27-16-6-7-17-15(12-16)5-8-20(25)22-17/h6-7,12,14,18-19,24H,1-5,8-11,13H2,(H,22,25)/t18-,19-/m1/s1. The number of aliphatic hydroxyl groups excluding tert-OH is 1. The highest BCUT2D eigenvalue weighted by Crippen LogP contribution is 2.30. The van der Waals surface area contributed by atoms with Gasteiger partial charge in [-0.1, -0.05) is 12.8 Å². The molecule has 3 aliphatic rings. The van der Waals surface area contributed by atoms with E-state index in [0.29, 0.717) is 50.4 Å². The van der Waals surface area contributed by atoms with E-state index in [-0.39, 0.29) is 17.9 Å². The van der Waals surface area contributed by atoms with Crippen LogP contribution in [0.1, 0.15) is 50.5 Å². The Kier molecular flexibility index (Phi) is 5.34. The number of aliphatic hydroxyl groups is 1. The number of fused-ring (bicyclic) bond motifs is 1. The lowest BCUT2D eigenvalue weighted by Gasteiger charge is -2.36. The Balaban J connectivity index is 1.32. The molecule has 0 radical (unpaired) electrons. The molecule has 4 rings (SSSR count). The molecular formula is C21H28N2O4. The van der Waals surface area contributed by atoms with Crippen LogP contribution in [0.25, 0.3) is 0 Å². The van der Waals surface area contributed by atoms with Crippen LogP contribution in [0.4, 0.5) is 5.69 Å². The molecule has 1 saturated carbocycles. The first-order chi connectivity index (χ1) is 13.1. The third kappa shape index (κ3) is 4.26. The van der Waals surface area contributed by atoms with Gasteiger partial charge in [-0.05, 0) is 48.9 Å². The number of ether oxygens (including phenoxy) is 1. The number of hydrogen-bond acceptors (Lipinski definition) is 4. The van der Waals surface area contributed by atoms with E-state index in [0.717, 1.165) is 24.1 Å². The maximum Gasteiger partial charge on any atom is 0.224 e. The van der Waals surface area contributed by atoms with Gasteiger partial charge in [0.25, 0.3) is 0 Å². The second-order valence-electron chi connectivity index (χ2n) is 8.07. The highest BCUT2D eigenvalue weighted by Gasteiger charge is 2.32. The number of hydrogen-bond donors (Lipinski definition) is 2. The van der Waals surface area contributed by atoms with Crippen LogP contribution >= 0.6 is 0 Å². The van der Waals surface area contributed by atoms with Crippen molar-refractivity contribution in [2.24, 2.45) is 5.92 Å².